The smallest absolute Gasteiger partial charge is 0.203 e. The van der Waals surface area contributed by atoms with Gasteiger partial charge in [0, 0.05) is 12.1 Å². The minimum absolute atomic E-state index is 0.0945. The molecule has 1 aromatic heterocycles. The summed E-state index contributed by atoms with van der Waals surface area (Å²) in [7, 11) is 0. The molecular weight excluding hydrogens is 393 g/mol. The van der Waals surface area contributed by atoms with Crippen molar-refractivity contribution in [1.82, 2.24) is 9.13 Å². The van der Waals surface area contributed by atoms with Crippen molar-refractivity contribution in [3.8, 4) is 0 Å². The molecule has 2 aromatic carbocycles. The van der Waals surface area contributed by atoms with Crippen LogP contribution in [0.1, 0.15) is 49.4 Å². The average molecular weight is 418 g/mol. The van der Waals surface area contributed by atoms with E-state index in [9.17, 15) is 4.79 Å². The van der Waals surface area contributed by atoms with Crippen molar-refractivity contribution in [2.75, 3.05) is 0 Å². The van der Waals surface area contributed by atoms with Gasteiger partial charge in [-0.1, -0.05) is 67.9 Å². The Morgan fingerprint density at radius 3 is 2.29 bits per heavy atom. The second kappa shape index (κ2) is 9.44. The number of imidazole rings is 1. The number of ketones is 1. The molecule has 0 saturated carbocycles. The number of halogens is 2. The summed E-state index contributed by atoms with van der Waals surface area (Å²) in [5.41, 5.74) is 2.74. The maximum atomic E-state index is 12.8. The van der Waals surface area contributed by atoms with Crippen molar-refractivity contribution in [2.45, 2.75) is 52.1 Å². The normalized spacial score (nSPS) is 11.2. The van der Waals surface area contributed by atoms with Crippen molar-refractivity contribution in [1.29, 1.82) is 5.41 Å². The largest absolute Gasteiger partial charge is 0.310 e. The summed E-state index contributed by atoms with van der Waals surface area (Å²) in [6.45, 7) is 3.09. The molecule has 0 amide bonds. The topological polar surface area (TPSA) is 50.8 Å². The van der Waals surface area contributed by atoms with Gasteiger partial charge in [0.1, 0.15) is 0 Å². The van der Waals surface area contributed by atoms with Crippen LogP contribution >= 0.6 is 23.2 Å². The van der Waals surface area contributed by atoms with Crippen LogP contribution in [-0.2, 0) is 13.1 Å². The predicted octanol–water partition coefficient (Wildman–Crippen LogP) is 6.08. The fourth-order valence-corrected chi connectivity index (χ4v) is 3.76. The van der Waals surface area contributed by atoms with Gasteiger partial charge < -0.3 is 9.13 Å². The van der Waals surface area contributed by atoms with E-state index in [-0.39, 0.29) is 12.3 Å². The third kappa shape index (κ3) is 4.50. The highest BCUT2D eigenvalue weighted by Gasteiger charge is 2.15. The lowest BCUT2D eigenvalue weighted by Gasteiger charge is -2.06. The number of carbonyl (C=O) groups is 1. The summed E-state index contributed by atoms with van der Waals surface area (Å²) in [5.74, 6) is -0.0945. The third-order valence-corrected chi connectivity index (χ3v) is 5.74. The van der Waals surface area contributed by atoms with Crippen LogP contribution in [0.2, 0.25) is 10.0 Å². The van der Waals surface area contributed by atoms with Crippen LogP contribution in [-0.4, -0.2) is 14.9 Å². The highest BCUT2D eigenvalue weighted by atomic mass is 35.5. The maximum absolute atomic E-state index is 12.8. The van der Waals surface area contributed by atoms with Gasteiger partial charge >= 0.3 is 0 Å². The molecule has 1 N–H and O–H groups in total. The highest BCUT2D eigenvalue weighted by Crippen LogP contribution is 2.23. The average Bonchev–Trinajstić information content (AvgIpc) is 2.95. The minimum Gasteiger partial charge on any atom is -0.310 e. The number of nitrogens with one attached hydrogen (secondary N) is 1. The van der Waals surface area contributed by atoms with Gasteiger partial charge in [-0.05, 0) is 36.8 Å². The summed E-state index contributed by atoms with van der Waals surface area (Å²) >= 11 is 12.0. The molecule has 0 aliphatic carbocycles. The number of Topliss-reactive ketones (excluding diaryl/α,β-unsaturated/α-hetero) is 1. The zero-order valence-electron chi connectivity index (χ0n) is 16.0. The zero-order chi connectivity index (χ0) is 20.1. The summed E-state index contributed by atoms with van der Waals surface area (Å²) < 4.78 is 3.77. The second-order valence-electron chi connectivity index (χ2n) is 7.02. The molecule has 0 aliphatic rings. The molecule has 0 aliphatic heterocycles. The van der Waals surface area contributed by atoms with Crippen LogP contribution < -0.4 is 5.62 Å². The number of nitrogens with zero attached hydrogens (tertiary/aromatic N) is 2. The molecule has 28 heavy (non-hydrogen) atoms. The van der Waals surface area contributed by atoms with E-state index in [4.69, 9.17) is 28.6 Å². The van der Waals surface area contributed by atoms with Gasteiger partial charge in [0.15, 0.2) is 5.78 Å². The van der Waals surface area contributed by atoms with Gasteiger partial charge in [-0.25, -0.2) is 0 Å². The first kappa shape index (κ1) is 20.7. The Hall–Kier alpha value is -2.04. The number of rotatable bonds is 9. The van der Waals surface area contributed by atoms with Crippen molar-refractivity contribution in [3.05, 3.63) is 63.7 Å². The van der Waals surface area contributed by atoms with Crippen molar-refractivity contribution >= 4 is 40.0 Å². The fourth-order valence-electron chi connectivity index (χ4n) is 3.46. The number of benzene rings is 2. The minimum atomic E-state index is -0.0945. The molecule has 6 heteroatoms. The number of carbonyl (C=O) groups excluding carboxylic acids is 1. The van der Waals surface area contributed by atoms with Crippen molar-refractivity contribution < 1.29 is 4.79 Å². The maximum Gasteiger partial charge on any atom is 0.203 e. The lowest BCUT2D eigenvalue weighted by molar-refractivity contribution is 0.0971. The van der Waals surface area contributed by atoms with Crippen LogP contribution in [0.3, 0.4) is 0 Å². The highest BCUT2D eigenvalue weighted by molar-refractivity contribution is 6.42. The Morgan fingerprint density at radius 1 is 0.929 bits per heavy atom. The Balaban J connectivity index is 1.86. The van der Waals surface area contributed by atoms with Crippen molar-refractivity contribution in [2.24, 2.45) is 0 Å². The van der Waals surface area contributed by atoms with E-state index in [1.807, 2.05) is 28.8 Å². The Labute approximate surface area is 175 Å². The summed E-state index contributed by atoms with van der Waals surface area (Å²) in [6, 6.07) is 12.8. The number of aromatic nitrogens is 2. The fraction of sp³-hybridized carbons (Fsp3) is 0.364. The molecule has 0 atom stereocenters. The van der Waals surface area contributed by atoms with Gasteiger partial charge in [-0.3, -0.25) is 10.2 Å². The van der Waals surface area contributed by atoms with Crippen LogP contribution in [0.4, 0.5) is 0 Å². The molecule has 0 bridgehead atoms. The molecule has 0 spiro atoms. The predicted molar refractivity (Wildman–Crippen MR) is 115 cm³/mol. The summed E-state index contributed by atoms with van der Waals surface area (Å²) in [6.07, 6.45) is 5.87. The quantitative estimate of drug-likeness (QED) is 0.332. The summed E-state index contributed by atoms with van der Waals surface area (Å²) in [5, 5.41) is 9.43. The van der Waals surface area contributed by atoms with E-state index in [1.165, 1.54) is 19.3 Å². The van der Waals surface area contributed by atoms with E-state index in [2.05, 4.69) is 6.92 Å². The van der Waals surface area contributed by atoms with Gasteiger partial charge in [-0.15, -0.1) is 0 Å². The molecule has 0 unspecified atom stereocenters. The van der Waals surface area contributed by atoms with E-state index in [0.29, 0.717) is 21.2 Å². The molecule has 0 radical (unpaired) electrons. The Kier molecular flexibility index (Phi) is 6.97. The molecule has 0 saturated heterocycles. The number of unbranched alkanes of at least 4 members (excludes halogenated alkanes) is 4. The molecule has 4 nitrogen and oxygen atoms in total. The van der Waals surface area contributed by atoms with Crippen LogP contribution in [0.15, 0.2) is 42.5 Å². The van der Waals surface area contributed by atoms with E-state index < -0.39 is 0 Å². The van der Waals surface area contributed by atoms with Gasteiger partial charge in [0.2, 0.25) is 5.62 Å². The second-order valence-corrected chi connectivity index (χ2v) is 7.83. The molecular formula is C22H25Cl2N3O. The lowest BCUT2D eigenvalue weighted by Crippen LogP contribution is -2.27. The van der Waals surface area contributed by atoms with E-state index in [1.54, 1.807) is 22.8 Å². The van der Waals surface area contributed by atoms with Crippen molar-refractivity contribution in [3.63, 3.8) is 0 Å². The number of aryl methyl sites for hydroxylation is 1. The van der Waals surface area contributed by atoms with Crippen LogP contribution in [0.25, 0.3) is 11.0 Å². The summed E-state index contributed by atoms with van der Waals surface area (Å²) in [4.78, 5) is 12.8. The number of para-hydroxylation sites is 2. The number of hydrogen-bond donors (Lipinski definition) is 1. The molecule has 1 heterocycles. The van der Waals surface area contributed by atoms with E-state index in [0.717, 1.165) is 30.4 Å². The Bertz CT molecular complexity index is 1040. The van der Waals surface area contributed by atoms with Gasteiger partial charge in [0.25, 0.3) is 0 Å². The van der Waals surface area contributed by atoms with E-state index >= 15 is 0 Å². The van der Waals surface area contributed by atoms with Crippen LogP contribution in [0.5, 0.6) is 0 Å². The molecule has 3 rings (SSSR count). The molecule has 3 aromatic rings. The number of fused-ring (bicyclic) bond motifs is 1. The first-order chi connectivity index (χ1) is 13.5. The third-order valence-electron chi connectivity index (χ3n) is 5.00. The number of hydrogen-bond acceptors (Lipinski definition) is 2. The van der Waals surface area contributed by atoms with Gasteiger partial charge in [0.05, 0.1) is 27.6 Å². The lowest BCUT2D eigenvalue weighted by atomic mass is 10.1. The van der Waals surface area contributed by atoms with Crippen LogP contribution in [0, 0.1) is 5.41 Å². The monoisotopic (exact) mass is 417 g/mol. The molecule has 0 fully saturated rings. The standard InChI is InChI=1S/C22H25Cl2N3O/c1-2-3-4-5-8-13-26-19-9-6-7-10-20(19)27(22(26)25)15-21(28)16-11-12-17(23)18(24)14-16/h6-7,9-12,14,25H,2-5,8,13,15H2,1H3. The SMILES string of the molecule is CCCCCCCn1c(=N)n(CC(=O)c2ccc(Cl)c(Cl)c2)c2ccccc21. The first-order valence-corrected chi connectivity index (χ1v) is 10.5. The van der Waals surface area contributed by atoms with Gasteiger partial charge in [-0.2, -0.15) is 0 Å². The molecule has 148 valence electrons. The zero-order valence-corrected chi connectivity index (χ0v) is 17.6. The Morgan fingerprint density at radius 2 is 1.61 bits per heavy atom. The first-order valence-electron chi connectivity index (χ1n) is 9.74.